The predicted octanol–water partition coefficient (Wildman–Crippen LogP) is 4.72. The van der Waals surface area contributed by atoms with Crippen molar-refractivity contribution in [1.82, 2.24) is 20.4 Å². The largest absolute Gasteiger partial charge is 0.419 e. The van der Waals surface area contributed by atoms with Crippen molar-refractivity contribution >= 4 is 23.1 Å². The van der Waals surface area contributed by atoms with E-state index in [4.69, 9.17) is 10.2 Å². The van der Waals surface area contributed by atoms with Crippen molar-refractivity contribution < 1.29 is 13.2 Å². The third-order valence-corrected chi connectivity index (χ3v) is 4.65. The second-order valence-electron chi connectivity index (χ2n) is 7.09. The molecule has 0 fully saturated rings. The van der Waals surface area contributed by atoms with Crippen LogP contribution in [-0.4, -0.2) is 20.4 Å². The molecule has 2 aromatic carbocycles. The fraction of sp³-hybridized carbons (Fsp3) is 0.190. The molecule has 0 aliphatic rings. The van der Waals surface area contributed by atoms with Gasteiger partial charge in [-0.1, -0.05) is 32.1 Å². The zero-order valence-corrected chi connectivity index (χ0v) is 15.9. The van der Waals surface area contributed by atoms with E-state index in [1.807, 2.05) is 13.8 Å². The third kappa shape index (κ3) is 3.79. The number of nitrogens with one attached hydrogen (secondary N) is 1. The number of benzene rings is 2. The number of aromatic amines is 1. The molecule has 148 valence electrons. The molecule has 4 aromatic rings. The maximum atomic E-state index is 14.6. The second-order valence-corrected chi connectivity index (χ2v) is 7.09. The highest BCUT2D eigenvalue weighted by molar-refractivity contribution is 5.92. The van der Waals surface area contributed by atoms with Gasteiger partial charge in [0.05, 0.1) is 11.7 Å². The number of aromatic nitrogens is 4. The Hall–Kier alpha value is -3.39. The number of hydrogen-bond donors (Lipinski definition) is 2. The van der Waals surface area contributed by atoms with Gasteiger partial charge in [-0.25, -0.2) is 8.78 Å². The first kappa shape index (κ1) is 18.9. The van der Waals surface area contributed by atoms with Gasteiger partial charge in [0.1, 0.15) is 11.3 Å². The normalized spacial score (nSPS) is 13.0. The van der Waals surface area contributed by atoms with Gasteiger partial charge in [0.2, 0.25) is 11.8 Å². The lowest BCUT2D eigenvalue weighted by Crippen LogP contribution is -2.16. The first-order valence-corrected chi connectivity index (χ1v) is 9.13. The summed E-state index contributed by atoms with van der Waals surface area (Å²) in [6.07, 6.45) is 3.53. The summed E-state index contributed by atoms with van der Waals surface area (Å²) in [7, 11) is 0. The van der Waals surface area contributed by atoms with Gasteiger partial charge in [0.15, 0.2) is 5.82 Å². The van der Waals surface area contributed by atoms with E-state index in [1.165, 1.54) is 18.2 Å². The highest BCUT2D eigenvalue weighted by Gasteiger charge is 2.20. The summed E-state index contributed by atoms with van der Waals surface area (Å²) < 4.78 is 33.3. The van der Waals surface area contributed by atoms with Crippen LogP contribution in [0.5, 0.6) is 0 Å². The van der Waals surface area contributed by atoms with Gasteiger partial charge in [-0.05, 0) is 41.8 Å². The fourth-order valence-electron chi connectivity index (χ4n) is 2.87. The fourth-order valence-corrected chi connectivity index (χ4v) is 2.87. The number of hydrogen-bond acceptors (Lipinski definition) is 5. The molecule has 0 saturated heterocycles. The summed E-state index contributed by atoms with van der Waals surface area (Å²) in [6, 6.07) is 8.67. The van der Waals surface area contributed by atoms with Gasteiger partial charge in [-0.3, -0.25) is 5.10 Å². The molecule has 2 aromatic heterocycles. The van der Waals surface area contributed by atoms with E-state index >= 15 is 0 Å². The Labute approximate surface area is 165 Å². The molecule has 4 rings (SSSR count). The van der Waals surface area contributed by atoms with E-state index in [2.05, 4.69) is 20.4 Å². The summed E-state index contributed by atoms with van der Waals surface area (Å²) in [5.41, 5.74) is 8.08. The van der Waals surface area contributed by atoms with Crippen LogP contribution in [0.2, 0.25) is 0 Å². The minimum absolute atomic E-state index is 0.125. The minimum atomic E-state index is -0.511. The minimum Gasteiger partial charge on any atom is -0.419 e. The van der Waals surface area contributed by atoms with Crippen LogP contribution in [0.3, 0.4) is 0 Å². The molecule has 0 amide bonds. The Morgan fingerprint density at radius 1 is 1.07 bits per heavy atom. The Kier molecular flexibility index (Phi) is 4.94. The predicted molar refractivity (Wildman–Crippen MR) is 106 cm³/mol. The van der Waals surface area contributed by atoms with Gasteiger partial charge in [0.25, 0.3) is 0 Å². The van der Waals surface area contributed by atoms with Crippen LogP contribution in [-0.2, 0) is 0 Å². The van der Waals surface area contributed by atoms with Crippen LogP contribution >= 0.6 is 0 Å². The highest BCUT2D eigenvalue weighted by Crippen LogP contribution is 2.29. The molecular weight excluding hydrogens is 376 g/mol. The molecule has 8 heteroatoms. The number of nitrogens with zero attached hydrogens (tertiary/aromatic N) is 3. The Balaban J connectivity index is 1.71. The Morgan fingerprint density at radius 2 is 1.83 bits per heavy atom. The van der Waals surface area contributed by atoms with Crippen LogP contribution in [0.15, 0.2) is 40.8 Å². The Morgan fingerprint density at radius 3 is 2.55 bits per heavy atom. The van der Waals surface area contributed by atoms with Crippen molar-refractivity contribution in [2.75, 3.05) is 0 Å². The number of H-pyrrole nitrogens is 1. The van der Waals surface area contributed by atoms with Crippen LogP contribution in [0.25, 0.3) is 34.5 Å². The summed E-state index contributed by atoms with van der Waals surface area (Å²) in [4.78, 5) is 0. The standard InChI is InChI=1S/C21H19F2N5O/c1-11(2)18(24)21-28-27-20(29-21)13-9-15-17(25-26-19(15)16(23)10-13)8-5-12-3-6-14(22)7-4-12/h3-11,18H,24H2,1-2H3,(H,25,26)/b8-5+/t18-/m0/s1. The quantitative estimate of drug-likeness (QED) is 0.510. The van der Waals surface area contributed by atoms with Gasteiger partial charge >= 0.3 is 0 Å². The van der Waals surface area contributed by atoms with E-state index < -0.39 is 11.9 Å². The summed E-state index contributed by atoms with van der Waals surface area (Å²) in [5, 5.41) is 15.4. The maximum absolute atomic E-state index is 14.6. The average molecular weight is 395 g/mol. The molecule has 0 spiro atoms. The lowest BCUT2D eigenvalue weighted by Gasteiger charge is -2.09. The zero-order valence-electron chi connectivity index (χ0n) is 15.9. The van der Waals surface area contributed by atoms with Gasteiger partial charge in [-0.2, -0.15) is 5.10 Å². The zero-order chi connectivity index (χ0) is 20.5. The first-order chi connectivity index (χ1) is 13.9. The molecule has 0 radical (unpaired) electrons. The number of nitrogens with two attached hydrogens (primary N) is 1. The molecule has 6 nitrogen and oxygen atoms in total. The van der Waals surface area contributed by atoms with Crippen molar-refractivity contribution in [2.24, 2.45) is 11.7 Å². The summed E-state index contributed by atoms with van der Waals surface area (Å²) in [5.74, 6) is -0.203. The van der Waals surface area contributed by atoms with E-state index in [0.717, 1.165) is 5.56 Å². The number of rotatable bonds is 5. The van der Waals surface area contributed by atoms with Crippen molar-refractivity contribution in [3.05, 3.63) is 65.2 Å². The molecular formula is C21H19F2N5O. The molecule has 3 N–H and O–H groups in total. The molecule has 0 saturated carbocycles. The van der Waals surface area contributed by atoms with Gasteiger partial charge in [0, 0.05) is 10.9 Å². The SMILES string of the molecule is CC(C)[C@H](N)c1nnc(-c2cc(F)c3n[nH]c(/C=C/c4ccc(F)cc4)c3c2)o1. The molecule has 29 heavy (non-hydrogen) atoms. The summed E-state index contributed by atoms with van der Waals surface area (Å²) in [6.45, 7) is 3.90. The molecule has 1 atom stereocenters. The number of fused-ring (bicyclic) bond motifs is 1. The second kappa shape index (κ2) is 7.56. The topological polar surface area (TPSA) is 93.6 Å². The van der Waals surface area contributed by atoms with Gasteiger partial charge in [-0.15, -0.1) is 10.2 Å². The van der Waals surface area contributed by atoms with Crippen molar-refractivity contribution in [3.8, 4) is 11.5 Å². The smallest absolute Gasteiger partial charge is 0.247 e. The molecule has 0 aliphatic carbocycles. The van der Waals surface area contributed by atoms with Crippen LogP contribution in [0.1, 0.15) is 37.0 Å². The maximum Gasteiger partial charge on any atom is 0.247 e. The number of halogens is 2. The summed E-state index contributed by atoms with van der Waals surface area (Å²) >= 11 is 0. The molecule has 0 aliphatic heterocycles. The lowest BCUT2D eigenvalue weighted by atomic mass is 10.1. The van der Waals surface area contributed by atoms with Gasteiger partial charge < -0.3 is 10.2 Å². The lowest BCUT2D eigenvalue weighted by molar-refractivity contribution is 0.394. The average Bonchev–Trinajstić information content (AvgIpc) is 3.34. The Bertz CT molecular complexity index is 1180. The first-order valence-electron chi connectivity index (χ1n) is 9.13. The van der Waals surface area contributed by atoms with Crippen LogP contribution in [0.4, 0.5) is 8.78 Å². The third-order valence-electron chi connectivity index (χ3n) is 4.65. The van der Waals surface area contributed by atoms with E-state index in [0.29, 0.717) is 22.5 Å². The van der Waals surface area contributed by atoms with Crippen molar-refractivity contribution in [3.63, 3.8) is 0 Å². The van der Waals surface area contributed by atoms with Crippen molar-refractivity contribution in [2.45, 2.75) is 19.9 Å². The van der Waals surface area contributed by atoms with Crippen LogP contribution < -0.4 is 5.73 Å². The molecule has 2 heterocycles. The van der Waals surface area contributed by atoms with Crippen LogP contribution in [0, 0.1) is 17.6 Å². The van der Waals surface area contributed by atoms with E-state index in [-0.39, 0.29) is 23.1 Å². The molecule has 0 unspecified atom stereocenters. The van der Waals surface area contributed by atoms with E-state index in [1.54, 1.807) is 30.4 Å². The van der Waals surface area contributed by atoms with E-state index in [9.17, 15) is 8.78 Å². The van der Waals surface area contributed by atoms with Crippen molar-refractivity contribution in [1.29, 1.82) is 0 Å². The monoisotopic (exact) mass is 395 g/mol. The highest BCUT2D eigenvalue weighted by atomic mass is 19.1. The molecule has 0 bridgehead atoms.